The van der Waals surface area contributed by atoms with Crippen molar-refractivity contribution in [3.63, 3.8) is 0 Å². The fourth-order valence-electron chi connectivity index (χ4n) is 8.74. The molecule has 0 aromatic heterocycles. The zero-order chi connectivity index (χ0) is 59.4. The van der Waals surface area contributed by atoms with Crippen LogP contribution >= 0.6 is 0 Å². The second-order valence-corrected chi connectivity index (χ2v) is 20.6. The molecule has 450 valence electrons. The van der Waals surface area contributed by atoms with E-state index in [0.717, 1.165) is 128 Å². The van der Waals surface area contributed by atoms with Crippen LogP contribution in [0.5, 0.6) is 57.5 Å². The van der Waals surface area contributed by atoms with Gasteiger partial charge in [-0.15, -0.1) is 0 Å². The summed E-state index contributed by atoms with van der Waals surface area (Å²) in [4.78, 5) is 54.1. The molecule has 0 radical (unpaired) electrons. The molecule has 0 amide bonds. The second kappa shape index (κ2) is 38.0. The highest BCUT2D eigenvalue weighted by Gasteiger charge is 2.22. The maximum Gasteiger partial charge on any atom is 0.347 e. The van der Waals surface area contributed by atoms with Crippen molar-refractivity contribution >= 4 is 23.9 Å². The third kappa shape index (κ3) is 23.7. The lowest BCUT2D eigenvalue weighted by atomic mass is 10.1. The van der Waals surface area contributed by atoms with Crippen LogP contribution in [0.2, 0.25) is 0 Å². The van der Waals surface area contributed by atoms with Crippen molar-refractivity contribution < 1.29 is 66.5 Å². The molecular formula is C70H86O14. The SMILES string of the molecule is CCCCCOc1ccc(OC(=O)c2ccc(C(=O)Oc3ccc(OCCCCC)cc3)c(OCCCCCCCCCCOc3cc(C(=O)Oc4ccc(OCCCCC)cc4)ccc3C(=O)Oc3ccc(OCCCCC)cc3)c2)cc1. The molecule has 0 unspecified atom stereocenters. The summed E-state index contributed by atoms with van der Waals surface area (Å²) in [6.45, 7) is 11.7. The van der Waals surface area contributed by atoms with Crippen molar-refractivity contribution in [2.75, 3.05) is 39.6 Å². The molecule has 0 saturated heterocycles. The van der Waals surface area contributed by atoms with Gasteiger partial charge in [-0.25, -0.2) is 19.2 Å². The summed E-state index contributed by atoms with van der Waals surface area (Å²) in [7, 11) is 0. The molecule has 6 aromatic rings. The van der Waals surface area contributed by atoms with Crippen molar-refractivity contribution in [1.29, 1.82) is 0 Å². The lowest BCUT2D eigenvalue weighted by Crippen LogP contribution is -2.14. The molecule has 0 bridgehead atoms. The maximum absolute atomic E-state index is 13.6. The smallest absolute Gasteiger partial charge is 0.347 e. The fourth-order valence-corrected chi connectivity index (χ4v) is 8.74. The molecule has 0 heterocycles. The van der Waals surface area contributed by atoms with Crippen LogP contribution in [0.3, 0.4) is 0 Å². The average molecular weight is 1150 g/mol. The van der Waals surface area contributed by atoms with E-state index in [9.17, 15) is 19.2 Å². The third-order valence-corrected chi connectivity index (χ3v) is 13.6. The predicted octanol–water partition coefficient (Wildman–Crippen LogP) is 17.4. The first-order valence-corrected chi connectivity index (χ1v) is 30.5. The van der Waals surface area contributed by atoms with E-state index >= 15 is 0 Å². The van der Waals surface area contributed by atoms with Crippen LogP contribution < -0.4 is 47.4 Å². The highest BCUT2D eigenvalue weighted by Crippen LogP contribution is 2.29. The summed E-state index contributed by atoms with van der Waals surface area (Å²) in [5, 5.41) is 0. The van der Waals surface area contributed by atoms with Crippen molar-refractivity contribution in [3.8, 4) is 57.5 Å². The van der Waals surface area contributed by atoms with Gasteiger partial charge in [-0.1, -0.05) is 118 Å². The van der Waals surface area contributed by atoms with Gasteiger partial charge in [0.15, 0.2) is 0 Å². The standard InChI is InChI=1S/C70H86O14/c1-5-9-19-45-75-55-27-35-59(36-28-55)81-67(71)53-25-43-63(69(73)83-61-39-31-57(32-40-61)77-47-21-11-7-3)65(51-53)79-49-23-17-15-13-14-16-18-24-50-80-66-52-54(68(72)82-60-37-29-56(30-38-60)76-46-20-10-6-2)26-44-64(66)70(74)84-62-41-33-58(34-42-62)78-48-22-12-8-4/h25-44,51-52H,5-24,45-50H2,1-4H3. The first-order chi connectivity index (χ1) is 41.2. The number of esters is 4. The first-order valence-electron chi connectivity index (χ1n) is 30.5. The Kier molecular flexibility index (Phi) is 29.5. The molecule has 0 aliphatic rings. The Bertz CT molecular complexity index is 2670. The van der Waals surface area contributed by atoms with Crippen LogP contribution in [-0.2, 0) is 0 Å². The lowest BCUT2D eigenvalue weighted by molar-refractivity contribution is 0.0715. The maximum atomic E-state index is 13.6. The summed E-state index contributed by atoms with van der Waals surface area (Å²) in [5.74, 6) is 2.18. The second-order valence-electron chi connectivity index (χ2n) is 20.6. The van der Waals surface area contributed by atoms with Gasteiger partial charge < -0.3 is 47.4 Å². The van der Waals surface area contributed by atoms with Crippen LogP contribution in [0.25, 0.3) is 0 Å². The molecule has 14 heteroatoms. The van der Waals surface area contributed by atoms with Gasteiger partial charge in [0.05, 0.1) is 50.8 Å². The number of rotatable bonds is 41. The van der Waals surface area contributed by atoms with Crippen molar-refractivity contribution in [2.45, 2.75) is 156 Å². The van der Waals surface area contributed by atoms with Crippen molar-refractivity contribution in [1.82, 2.24) is 0 Å². The van der Waals surface area contributed by atoms with Gasteiger partial charge in [-0.3, -0.25) is 0 Å². The Labute approximate surface area is 497 Å². The van der Waals surface area contributed by atoms with Crippen LogP contribution in [0, 0.1) is 0 Å². The van der Waals surface area contributed by atoms with Crippen molar-refractivity contribution in [2.24, 2.45) is 0 Å². The molecule has 6 rings (SSSR count). The zero-order valence-electron chi connectivity index (χ0n) is 49.8. The van der Waals surface area contributed by atoms with Crippen molar-refractivity contribution in [3.05, 3.63) is 156 Å². The van der Waals surface area contributed by atoms with E-state index < -0.39 is 23.9 Å². The summed E-state index contributed by atoms with van der Waals surface area (Å²) in [5.41, 5.74) is 0.792. The predicted molar refractivity (Wildman–Crippen MR) is 326 cm³/mol. The molecule has 14 nitrogen and oxygen atoms in total. The topological polar surface area (TPSA) is 161 Å². The lowest BCUT2D eigenvalue weighted by Gasteiger charge is -2.14. The monoisotopic (exact) mass is 1150 g/mol. The summed E-state index contributed by atoms with van der Waals surface area (Å²) < 4.78 is 58.6. The fraction of sp³-hybridized carbons (Fsp3) is 0.429. The molecule has 0 fully saturated rings. The molecule has 6 aromatic carbocycles. The largest absolute Gasteiger partial charge is 0.494 e. The van der Waals surface area contributed by atoms with E-state index in [2.05, 4.69) is 27.7 Å². The number of carbonyl (C=O) groups is 4. The van der Waals surface area contributed by atoms with Gasteiger partial charge >= 0.3 is 23.9 Å². The van der Waals surface area contributed by atoms with E-state index in [0.29, 0.717) is 85.6 Å². The minimum Gasteiger partial charge on any atom is -0.494 e. The van der Waals surface area contributed by atoms with Crippen LogP contribution in [0.15, 0.2) is 133 Å². The number of ether oxygens (including phenoxy) is 10. The zero-order valence-corrected chi connectivity index (χ0v) is 49.8. The van der Waals surface area contributed by atoms with Crippen LogP contribution in [0.1, 0.15) is 198 Å². The minimum absolute atomic E-state index is 0.178. The summed E-state index contributed by atoms with van der Waals surface area (Å²) in [6.07, 6.45) is 19.8. The Morgan fingerprint density at radius 3 is 0.750 bits per heavy atom. The normalized spacial score (nSPS) is 10.9. The Morgan fingerprint density at radius 2 is 0.476 bits per heavy atom. The first kappa shape index (κ1) is 65.2. The molecule has 0 spiro atoms. The van der Waals surface area contributed by atoms with Gasteiger partial charge in [0, 0.05) is 0 Å². The van der Waals surface area contributed by atoms with Gasteiger partial charge in [0.2, 0.25) is 0 Å². The molecule has 0 aliphatic heterocycles. The quantitative estimate of drug-likeness (QED) is 0.0203. The highest BCUT2D eigenvalue weighted by atomic mass is 16.6. The Balaban J connectivity index is 0.982. The van der Waals surface area contributed by atoms with Crippen LogP contribution in [-0.4, -0.2) is 63.5 Å². The molecule has 0 N–H and O–H groups in total. The number of unbranched alkanes of at least 4 members (excludes halogenated alkanes) is 15. The highest BCUT2D eigenvalue weighted by molar-refractivity contribution is 5.98. The molecule has 0 aliphatic carbocycles. The number of hydrogen-bond acceptors (Lipinski definition) is 14. The minimum atomic E-state index is -0.625. The van der Waals surface area contributed by atoms with E-state index in [1.807, 2.05) is 0 Å². The van der Waals surface area contributed by atoms with E-state index in [1.54, 1.807) is 97.1 Å². The van der Waals surface area contributed by atoms with E-state index in [1.165, 1.54) is 36.4 Å². The van der Waals surface area contributed by atoms with Gasteiger partial charge in [0.1, 0.15) is 68.6 Å². The molecule has 0 saturated carbocycles. The Hall–Kier alpha value is -8.00. The molecule has 0 atom stereocenters. The Morgan fingerprint density at radius 1 is 0.250 bits per heavy atom. The van der Waals surface area contributed by atoms with Gasteiger partial charge in [0.25, 0.3) is 0 Å². The summed E-state index contributed by atoms with van der Waals surface area (Å²) in [6, 6.07) is 36.8. The number of hydrogen-bond donors (Lipinski definition) is 0. The molecular weight excluding hydrogens is 1060 g/mol. The summed E-state index contributed by atoms with van der Waals surface area (Å²) >= 11 is 0. The molecule has 84 heavy (non-hydrogen) atoms. The average Bonchev–Trinajstić information content (AvgIpc) is 3.28. The van der Waals surface area contributed by atoms with Gasteiger partial charge in [-0.05, 0) is 172 Å². The van der Waals surface area contributed by atoms with E-state index in [4.69, 9.17) is 47.4 Å². The third-order valence-electron chi connectivity index (χ3n) is 13.6. The number of carbonyl (C=O) groups excluding carboxylic acids is 4. The van der Waals surface area contributed by atoms with Crippen LogP contribution in [0.4, 0.5) is 0 Å². The van der Waals surface area contributed by atoms with Gasteiger partial charge in [-0.2, -0.15) is 0 Å². The number of benzene rings is 6. The van der Waals surface area contributed by atoms with E-state index in [-0.39, 0.29) is 33.8 Å².